The first kappa shape index (κ1) is 14.9. The van der Waals surface area contributed by atoms with Gasteiger partial charge in [0.15, 0.2) is 0 Å². The first-order chi connectivity index (χ1) is 9.45. The maximum atomic E-state index is 11.9. The summed E-state index contributed by atoms with van der Waals surface area (Å²) in [4.78, 5) is 11.9. The number of amides is 1. The maximum Gasteiger partial charge on any atom is 0.224 e. The van der Waals surface area contributed by atoms with E-state index in [1.807, 2.05) is 19.9 Å². The molecule has 0 radical (unpaired) electrons. The molecule has 2 aromatic rings. The fraction of sp³-hybridized carbons (Fsp3) is 0.267. The molecule has 0 aliphatic heterocycles. The molecule has 1 heterocycles. The molecule has 0 aliphatic rings. The number of carbonyl (C=O) groups excluding carboxylic acids is 1. The Labute approximate surface area is 127 Å². The smallest absolute Gasteiger partial charge is 0.224 e. The molecule has 0 bridgehead atoms. The summed E-state index contributed by atoms with van der Waals surface area (Å²) in [6.07, 6.45) is 0.271. The molecule has 2 rings (SSSR count). The Morgan fingerprint density at radius 2 is 1.95 bits per heavy atom. The number of rotatable bonds is 4. The summed E-state index contributed by atoms with van der Waals surface area (Å²) >= 11 is 11.8. The van der Waals surface area contributed by atoms with E-state index in [0.717, 1.165) is 22.6 Å². The second-order valence-electron chi connectivity index (χ2n) is 4.64. The van der Waals surface area contributed by atoms with Crippen molar-refractivity contribution in [2.24, 2.45) is 0 Å². The molecular formula is C15H15Cl2NO2. The van der Waals surface area contributed by atoms with Crippen molar-refractivity contribution in [1.29, 1.82) is 0 Å². The molecule has 1 amide bonds. The number of hydrogen-bond acceptors (Lipinski definition) is 2. The van der Waals surface area contributed by atoms with Crippen LogP contribution in [0, 0.1) is 13.8 Å². The van der Waals surface area contributed by atoms with Gasteiger partial charge in [0.2, 0.25) is 5.91 Å². The molecule has 5 heteroatoms. The molecule has 106 valence electrons. The number of aryl methyl sites for hydroxylation is 2. The SMILES string of the molecule is Cc1cc(CNC(=O)Cc2ccc(Cl)c(Cl)c2)c(C)o1. The molecule has 0 saturated carbocycles. The van der Waals surface area contributed by atoms with Gasteiger partial charge < -0.3 is 9.73 Å². The Hall–Kier alpha value is -1.45. The molecule has 1 aromatic carbocycles. The Morgan fingerprint density at radius 3 is 2.55 bits per heavy atom. The fourth-order valence-corrected chi connectivity index (χ4v) is 2.27. The number of furan rings is 1. The molecule has 0 atom stereocenters. The second kappa shape index (κ2) is 6.33. The lowest BCUT2D eigenvalue weighted by Gasteiger charge is -2.05. The van der Waals surface area contributed by atoms with E-state index in [9.17, 15) is 4.79 Å². The van der Waals surface area contributed by atoms with Crippen molar-refractivity contribution in [2.75, 3.05) is 0 Å². The van der Waals surface area contributed by atoms with E-state index in [2.05, 4.69) is 5.32 Å². The summed E-state index contributed by atoms with van der Waals surface area (Å²) in [5.74, 6) is 1.61. The average Bonchev–Trinajstić information content (AvgIpc) is 2.70. The van der Waals surface area contributed by atoms with E-state index in [0.29, 0.717) is 16.6 Å². The molecular weight excluding hydrogens is 297 g/mol. The number of nitrogens with one attached hydrogen (secondary N) is 1. The molecule has 1 N–H and O–H groups in total. The largest absolute Gasteiger partial charge is 0.466 e. The zero-order valence-corrected chi connectivity index (χ0v) is 12.8. The molecule has 0 fully saturated rings. The predicted molar refractivity (Wildman–Crippen MR) is 80.2 cm³/mol. The molecule has 20 heavy (non-hydrogen) atoms. The lowest BCUT2D eigenvalue weighted by Crippen LogP contribution is -2.24. The third kappa shape index (κ3) is 3.78. The van der Waals surface area contributed by atoms with Gasteiger partial charge in [0.1, 0.15) is 11.5 Å². The zero-order valence-electron chi connectivity index (χ0n) is 11.3. The van der Waals surface area contributed by atoms with Crippen LogP contribution in [0.1, 0.15) is 22.6 Å². The van der Waals surface area contributed by atoms with Gasteiger partial charge in [0, 0.05) is 12.1 Å². The van der Waals surface area contributed by atoms with Crippen LogP contribution in [0.25, 0.3) is 0 Å². The normalized spacial score (nSPS) is 10.6. The predicted octanol–water partition coefficient (Wildman–Crippen LogP) is 4.06. The number of hydrogen-bond donors (Lipinski definition) is 1. The van der Waals surface area contributed by atoms with Gasteiger partial charge in [-0.15, -0.1) is 0 Å². The average molecular weight is 312 g/mol. The number of carbonyl (C=O) groups is 1. The highest BCUT2D eigenvalue weighted by molar-refractivity contribution is 6.42. The van der Waals surface area contributed by atoms with Crippen molar-refractivity contribution in [2.45, 2.75) is 26.8 Å². The first-order valence-electron chi connectivity index (χ1n) is 6.22. The Kier molecular flexibility index (Phi) is 4.73. The number of benzene rings is 1. The van der Waals surface area contributed by atoms with E-state index < -0.39 is 0 Å². The minimum absolute atomic E-state index is 0.0679. The van der Waals surface area contributed by atoms with E-state index >= 15 is 0 Å². The second-order valence-corrected chi connectivity index (χ2v) is 5.45. The van der Waals surface area contributed by atoms with Crippen molar-refractivity contribution >= 4 is 29.1 Å². The highest BCUT2D eigenvalue weighted by atomic mass is 35.5. The molecule has 0 saturated heterocycles. The van der Waals surface area contributed by atoms with Crippen LogP contribution in [0.3, 0.4) is 0 Å². The van der Waals surface area contributed by atoms with Crippen molar-refractivity contribution in [3.05, 3.63) is 57.0 Å². The van der Waals surface area contributed by atoms with Crippen molar-refractivity contribution in [3.63, 3.8) is 0 Å². The topological polar surface area (TPSA) is 42.2 Å². The highest BCUT2D eigenvalue weighted by Crippen LogP contribution is 2.22. The van der Waals surface area contributed by atoms with Crippen LogP contribution in [-0.2, 0) is 17.8 Å². The lowest BCUT2D eigenvalue weighted by atomic mass is 10.1. The molecule has 3 nitrogen and oxygen atoms in total. The molecule has 0 unspecified atom stereocenters. The molecule has 0 spiro atoms. The monoisotopic (exact) mass is 311 g/mol. The summed E-state index contributed by atoms with van der Waals surface area (Å²) in [6, 6.07) is 7.11. The fourth-order valence-electron chi connectivity index (χ4n) is 1.95. The van der Waals surface area contributed by atoms with Gasteiger partial charge in [0.05, 0.1) is 16.5 Å². The quantitative estimate of drug-likeness (QED) is 0.925. The van der Waals surface area contributed by atoms with Crippen LogP contribution in [0.4, 0.5) is 0 Å². The zero-order chi connectivity index (χ0) is 14.7. The van der Waals surface area contributed by atoms with Crippen LogP contribution in [0.2, 0.25) is 10.0 Å². The maximum absolute atomic E-state index is 11.9. The van der Waals surface area contributed by atoms with E-state index in [1.165, 1.54) is 0 Å². The summed E-state index contributed by atoms with van der Waals surface area (Å²) in [6.45, 7) is 4.23. The molecule has 0 aliphatic carbocycles. The summed E-state index contributed by atoms with van der Waals surface area (Å²) < 4.78 is 5.41. The third-order valence-electron chi connectivity index (χ3n) is 2.97. The van der Waals surface area contributed by atoms with Crippen molar-refractivity contribution in [3.8, 4) is 0 Å². The van der Waals surface area contributed by atoms with Gasteiger partial charge in [0.25, 0.3) is 0 Å². The van der Waals surface area contributed by atoms with E-state index in [1.54, 1.807) is 18.2 Å². The van der Waals surface area contributed by atoms with Gasteiger partial charge in [-0.1, -0.05) is 29.3 Å². The van der Waals surface area contributed by atoms with Crippen LogP contribution < -0.4 is 5.32 Å². The lowest BCUT2D eigenvalue weighted by molar-refractivity contribution is -0.120. The van der Waals surface area contributed by atoms with Gasteiger partial charge in [-0.25, -0.2) is 0 Å². The van der Waals surface area contributed by atoms with Crippen LogP contribution in [0.5, 0.6) is 0 Å². The third-order valence-corrected chi connectivity index (χ3v) is 3.71. The van der Waals surface area contributed by atoms with Gasteiger partial charge in [-0.3, -0.25) is 4.79 Å². The highest BCUT2D eigenvalue weighted by Gasteiger charge is 2.08. The van der Waals surface area contributed by atoms with Crippen molar-refractivity contribution < 1.29 is 9.21 Å². The Morgan fingerprint density at radius 1 is 1.20 bits per heavy atom. The minimum Gasteiger partial charge on any atom is -0.466 e. The first-order valence-corrected chi connectivity index (χ1v) is 6.98. The van der Waals surface area contributed by atoms with Gasteiger partial charge in [-0.2, -0.15) is 0 Å². The van der Waals surface area contributed by atoms with Crippen molar-refractivity contribution in [1.82, 2.24) is 5.32 Å². The van der Waals surface area contributed by atoms with Crippen LogP contribution in [-0.4, -0.2) is 5.91 Å². The Bertz CT molecular complexity index is 635. The number of halogens is 2. The summed E-state index contributed by atoms with van der Waals surface area (Å²) in [7, 11) is 0. The van der Waals surface area contributed by atoms with Gasteiger partial charge >= 0.3 is 0 Å². The molecule has 1 aromatic heterocycles. The summed E-state index contributed by atoms with van der Waals surface area (Å²) in [5, 5.41) is 3.80. The minimum atomic E-state index is -0.0679. The van der Waals surface area contributed by atoms with E-state index in [-0.39, 0.29) is 12.3 Å². The van der Waals surface area contributed by atoms with Gasteiger partial charge in [-0.05, 0) is 37.6 Å². The standard InChI is InChI=1S/C15H15Cl2NO2/c1-9-5-12(10(2)20-9)8-18-15(19)7-11-3-4-13(16)14(17)6-11/h3-6H,7-8H2,1-2H3,(H,18,19). The van der Waals surface area contributed by atoms with Crippen LogP contribution >= 0.6 is 23.2 Å². The Balaban J connectivity index is 1.92. The van der Waals surface area contributed by atoms with E-state index in [4.69, 9.17) is 27.6 Å². The van der Waals surface area contributed by atoms with Crippen LogP contribution in [0.15, 0.2) is 28.7 Å². The summed E-state index contributed by atoms with van der Waals surface area (Å²) in [5.41, 5.74) is 1.82.